The highest BCUT2D eigenvalue weighted by molar-refractivity contribution is 5.74. The number of anilines is 1. The predicted molar refractivity (Wildman–Crippen MR) is 43.8 cm³/mol. The standard InChI is InChI=1S/C9H6FNO/c10-9-4-3-8(11)6-7(9)2-1-5-12/h3-6H,11H2. The molecule has 0 unspecified atom stereocenters. The van der Waals surface area contributed by atoms with Crippen molar-refractivity contribution in [2.75, 3.05) is 5.73 Å². The highest BCUT2D eigenvalue weighted by Crippen LogP contribution is 2.09. The topological polar surface area (TPSA) is 43.1 Å². The van der Waals surface area contributed by atoms with Crippen LogP contribution in [0, 0.1) is 17.7 Å². The number of carbonyl (C=O) groups is 1. The van der Waals surface area contributed by atoms with E-state index < -0.39 is 5.82 Å². The molecule has 2 N–H and O–H groups in total. The minimum Gasteiger partial charge on any atom is -0.399 e. The van der Waals surface area contributed by atoms with E-state index in [1.807, 2.05) is 0 Å². The molecule has 0 saturated heterocycles. The van der Waals surface area contributed by atoms with Gasteiger partial charge in [-0.3, -0.25) is 4.79 Å². The minimum atomic E-state index is -0.474. The fraction of sp³-hybridized carbons (Fsp3) is 0. The summed E-state index contributed by atoms with van der Waals surface area (Å²) >= 11 is 0. The molecule has 0 atom stereocenters. The number of nitrogen functional groups attached to an aromatic ring is 1. The molecular formula is C9H6FNO. The fourth-order valence-electron chi connectivity index (χ4n) is 0.746. The first kappa shape index (κ1) is 8.28. The van der Waals surface area contributed by atoms with Crippen LogP contribution in [0.5, 0.6) is 0 Å². The second-order valence-electron chi connectivity index (χ2n) is 2.13. The number of hydrogen-bond donors (Lipinski definition) is 1. The van der Waals surface area contributed by atoms with Gasteiger partial charge in [0.2, 0.25) is 0 Å². The summed E-state index contributed by atoms with van der Waals surface area (Å²) in [4.78, 5) is 9.85. The van der Waals surface area contributed by atoms with Gasteiger partial charge in [-0.25, -0.2) is 4.39 Å². The molecule has 0 aliphatic heterocycles. The van der Waals surface area contributed by atoms with Crippen LogP contribution < -0.4 is 5.73 Å². The lowest BCUT2D eigenvalue weighted by molar-refractivity contribution is -0.103. The number of hydrogen-bond acceptors (Lipinski definition) is 2. The van der Waals surface area contributed by atoms with Crippen molar-refractivity contribution < 1.29 is 9.18 Å². The normalized spacial score (nSPS) is 8.42. The third kappa shape index (κ3) is 1.83. The zero-order valence-corrected chi connectivity index (χ0v) is 6.17. The van der Waals surface area contributed by atoms with Gasteiger partial charge in [0.15, 0.2) is 6.29 Å². The monoisotopic (exact) mass is 163 g/mol. The Bertz CT molecular complexity index is 363. The van der Waals surface area contributed by atoms with Crippen molar-refractivity contribution in [3.63, 3.8) is 0 Å². The lowest BCUT2D eigenvalue weighted by atomic mass is 10.2. The molecule has 60 valence electrons. The van der Waals surface area contributed by atoms with Gasteiger partial charge in [0.1, 0.15) is 5.82 Å². The van der Waals surface area contributed by atoms with Crippen LogP contribution in [0.25, 0.3) is 0 Å². The van der Waals surface area contributed by atoms with Crippen LogP contribution in [0.4, 0.5) is 10.1 Å². The molecule has 0 spiro atoms. The van der Waals surface area contributed by atoms with Crippen LogP contribution in [0.2, 0.25) is 0 Å². The van der Waals surface area contributed by atoms with E-state index in [2.05, 4.69) is 11.8 Å². The van der Waals surface area contributed by atoms with E-state index in [1.54, 1.807) is 0 Å². The van der Waals surface area contributed by atoms with Gasteiger partial charge in [-0.2, -0.15) is 0 Å². The maximum atomic E-state index is 12.8. The summed E-state index contributed by atoms with van der Waals surface area (Å²) in [5.41, 5.74) is 5.94. The van der Waals surface area contributed by atoms with E-state index in [4.69, 9.17) is 5.73 Å². The SMILES string of the molecule is Nc1ccc(F)c(C#CC=O)c1. The van der Waals surface area contributed by atoms with Gasteiger partial charge < -0.3 is 5.73 Å². The highest BCUT2D eigenvalue weighted by Gasteiger charge is 1.97. The van der Waals surface area contributed by atoms with E-state index in [9.17, 15) is 9.18 Å². The maximum Gasteiger partial charge on any atom is 0.193 e. The van der Waals surface area contributed by atoms with Gasteiger partial charge in [-0.1, -0.05) is 5.92 Å². The number of carbonyl (C=O) groups excluding carboxylic acids is 1. The van der Waals surface area contributed by atoms with E-state index in [0.717, 1.165) is 0 Å². The highest BCUT2D eigenvalue weighted by atomic mass is 19.1. The van der Waals surface area contributed by atoms with Crippen LogP contribution in [0.15, 0.2) is 18.2 Å². The zero-order valence-electron chi connectivity index (χ0n) is 6.17. The Morgan fingerprint density at radius 3 is 2.92 bits per heavy atom. The molecule has 2 nitrogen and oxygen atoms in total. The van der Waals surface area contributed by atoms with Crippen LogP contribution in [0.3, 0.4) is 0 Å². The largest absolute Gasteiger partial charge is 0.399 e. The lowest BCUT2D eigenvalue weighted by Gasteiger charge is -1.94. The lowest BCUT2D eigenvalue weighted by Crippen LogP contribution is -1.89. The molecule has 0 aliphatic carbocycles. The zero-order chi connectivity index (χ0) is 8.97. The summed E-state index contributed by atoms with van der Waals surface area (Å²) in [6, 6.07) is 4.03. The first-order valence-electron chi connectivity index (χ1n) is 3.24. The van der Waals surface area contributed by atoms with Crippen LogP contribution in [-0.2, 0) is 4.79 Å². The molecule has 1 aromatic rings. The molecule has 1 aromatic carbocycles. The third-order valence-corrected chi connectivity index (χ3v) is 1.26. The molecule has 0 saturated carbocycles. The van der Waals surface area contributed by atoms with Gasteiger partial charge in [-0.15, -0.1) is 0 Å². The molecule has 1 rings (SSSR count). The van der Waals surface area contributed by atoms with Gasteiger partial charge in [0.05, 0.1) is 5.56 Å². The van der Waals surface area contributed by atoms with Crippen molar-refractivity contribution in [1.82, 2.24) is 0 Å². The summed E-state index contributed by atoms with van der Waals surface area (Å²) in [5, 5.41) is 0. The Hall–Kier alpha value is -1.82. The van der Waals surface area contributed by atoms with E-state index in [-0.39, 0.29) is 5.56 Å². The van der Waals surface area contributed by atoms with E-state index in [0.29, 0.717) is 12.0 Å². The van der Waals surface area contributed by atoms with E-state index >= 15 is 0 Å². The Morgan fingerprint density at radius 2 is 2.25 bits per heavy atom. The molecular weight excluding hydrogens is 157 g/mol. The van der Waals surface area contributed by atoms with Crippen molar-refractivity contribution in [1.29, 1.82) is 0 Å². The summed E-state index contributed by atoms with van der Waals surface area (Å²) in [5.74, 6) is 3.96. The van der Waals surface area contributed by atoms with Crippen LogP contribution in [0.1, 0.15) is 5.56 Å². The molecule has 0 amide bonds. The molecule has 0 fully saturated rings. The fourth-order valence-corrected chi connectivity index (χ4v) is 0.746. The molecule has 0 heterocycles. The average Bonchev–Trinajstić information content (AvgIpc) is 2.07. The van der Waals surface area contributed by atoms with Gasteiger partial charge in [0, 0.05) is 5.69 Å². The summed E-state index contributed by atoms with van der Waals surface area (Å²) in [6.45, 7) is 0. The first-order chi connectivity index (χ1) is 5.74. The number of rotatable bonds is 0. The second-order valence-corrected chi connectivity index (χ2v) is 2.13. The first-order valence-corrected chi connectivity index (χ1v) is 3.24. The van der Waals surface area contributed by atoms with Crippen LogP contribution in [-0.4, -0.2) is 6.29 Å². The van der Waals surface area contributed by atoms with Gasteiger partial charge in [-0.05, 0) is 24.1 Å². The van der Waals surface area contributed by atoms with Crippen molar-refractivity contribution in [2.24, 2.45) is 0 Å². The van der Waals surface area contributed by atoms with Gasteiger partial charge in [0.25, 0.3) is 0 Å². The smallest absolute Gasteiger partial charge is 0.193 e. The molecule has 0 radical (unpaired) electrons. The number of halogens is 1. The van der Waals surface area contributed by atoms with Gasteiger partial charge >= 0.3 is 0 Å². The second kappa shape index (κ2) is 3.54. The van der Waals surface area contributed by atoms with Crippen molar-refractivity contribution in [2.45, 2.75) is 0 Å². The number of nitrogens with two attached hydrogens (primary N) is 1. The van der Waals surface area contributed by atoms with Crippen molar-refractivity contribution in [3.8, 4) is 11.8 Å². The molecule has 12 heavy (non-hydrogen) atoms. The van der Waals surface area contributed by atoms with Crippen LogP contribution >= 0.6 is 0 Å². The minimum absolute atomic E-state index is 0.141. The summed E-state index contributed by atoms with van der Waals surface area (Å²) in [6.07, 6.45) is 0.405. The average molecular weight is 163 g/mol. The molecule has 0 bridgehead atoms. The number of aldehydes is 1. The predicted octanol–water partition coefficient (Wildman–Crippen LogP) is 0.958. The molecule has 3 heteroatoms. The Morgan fingerprint density at radius 1 is 1.50 bits per heavy atom. The summed E-state index contributed by atoms with van der Waals surface area (Å²) < 4.78 is 12.8. The number of benzene rings is 1. The Balaban J connectivity index is 3.13. The Labute approximate surface area is 69.2 Å². The summed E-state index contributed by atoms with van der Waals surface area (Å²) in [7, 11) is 0. The third-order valence-electron chi connectivity index (χ3n) is 1.26. The maximum absolute atomic E-state index is 12.8. The molecule has 0 aliphatic rings. The van der Waals surface area contributed by atoms with Crippen molar-refractivity contribution in [3.05, 3.63) is 29.6 Å². The molecule has 0 aromatic heterocycles. The van der Waals surface area contributed by atoms with Crippen molar-refractivity contribution >= 4 is 12.0 Å². The Kier molecular flexibility index (Phi) is 2.44. The van der Waals surface area contributed by atoms with E-state index in [1.165, 1.54) is 18.2 Å². The quantitative estimate of drug-likeness (QED) is 0.351.